The maximum absolute atomic E-state index is 12.3. The highest BCUT2D eigenvalue weighted by atomic mass is 35.5. The summed E-state index contributed by atoms with van der Waals surface area (Å²) >= 11 is 17.7. The predicted octanol–water partition coefficient (Wildman–Crippen LogP) is 4.77. The van der Waals surface area contributed by atoms with Crippen LogP contribution < -0.4 is 5.56 Å². The zero-order valence-electron chi connectivity index (χ0n) is 11.6. The average molecular weight is 386 g/mol. The number of nitro groups is 1. The first-order valence-electron chi connectivity index (χ1n) is 6.48. The maximum Gasteiger partial charge on any atom is 0.288 e. The summed E-state index contributed by atoms with van der Waals surface area (Å²) in [6.07, 6.45) is 0. The molecule has 0 aliphatic heterocycles. The number of fused-ring (bicyclic) bond motifs is 1. The van der Waals surface area contributed by atoms with Gasteiger partial charge >= 0.3 is 0 Å². The van der Waals surface area contributed by atoms with E-state index in [9.17, 15) is 20.0 Å². The maximum atomic E-state index is 12.3. The number of nitrogens with one attached hydrogen (secondary N) is 1. The number of benzene rings is 2. The Bertz CT molecular complexity index is 1060. The third-order valence-electron chi connectivity index (χ3n) is 3.45. The number of nitro benzene ring substituents is 1. The van der Waals surface area contributed by atoms with Crippen molar-refractivity contribution in [3.05, 3.63) is 65.9 Å². The first kappa shape index (κ1) is 16.6. The molecule has 0 amide bonds. The van der Waals surface area contributed by atoms with Crippen LogP contribution in [0.3, 0.4) is 0 Å². The molecule has 1 heterocycles. The van der Waals surface area contributed by atoms with E-state index in [1.54, 1.807) is 0 Å². The highest BCUT2D eigenvalue weighted by Crippen LogP contribution is 2.39. The molecule has 0 spiro atoms. The van der Waals surface area contributed by atoms with E-state index >= 15 is 0 Å². The van der Waals surface area contributed by atoms with Crippen LogP contribution in [0.4, 0.5) is 5.69 Å². The lowest BCUT2D eigenvalue weighted by molar-refractivity contribution is -0.384. The molecule has 3 aromatic rings. The Labute approximate surface area is 149 Å². The van der Waals surface area contributed by atoms with Crippen LogP contribution in [0.2, 0.25) is 15.1 Å². The minimum Gasteiger partial charge on any atom is -0.506 e. The molecule has 9 heteroatoms. The summed E-state index contributed by atoms with van der Waals surface area (Å²) in [5.74, 6) is -0.433. The Morgan fingerprint density at radius 2 is 1.79 bits per heavy atom. The van der Waals surface area contributed by atoms with Gasteiger partial charge < -0.3 is 10.1 Å². The summed E-state index contributed by atoms with van der Waals surface area (Å²) in [5.41, 5.74) is -0.698. The molecule has 24 heavy (non-hydrogen) atoms. The molecule has 2 N–H and O–H groups in total. The lowest BCUT2D eigenvalue weighted by atomic mass is 10.0. The fourth-order valence-electron chi connectivity index (χ4n) is 2.37. The molecule has 0 unspecified atom stereocenters. The van der Waals surface area contributed by atoms with Crippen molar-refractivity contribution in [3.63, 3.8) is 0 Å². The predicted molar refractivity (Wildman–Crippen MR) is 93.4 cm³/mol. The van der Waals surface area contributed by atoms with Crippen molar-refractivity contribution in [2.24, 2.45) is 0 Å². The van der Waals surface area contributed by atoms with Gasteiger partial charge in [0.2, 0.25) is 0 Å². The van der Waals surface area contributed by atoms with Crippen molar-refractivity contribution in [2.45, 2.75) is 0 Å². The van der Waals surface area contributed by atoms with Crippen LogP contribution in [0.1, 0.15) is 0 Å². The molecule has 2 aromatic carbocycles. The number of aromatic amines is 1. The Morgan fingerprint density at radius 1 is 1.08 bits per heavy atom. The summed E-state index contributed by atoms with van der Waals surface area (Å²) in [6, 6.07) is 6.72. The normalized spacial score (nSPS) is 11.0. The van der Waals surface area contributed by atoms with Crippen LogP contribution in [0, 0.1) is 10.1 Å². The second-order valence-corrected chi connectivity index (χ2v) is 6.16. The summed E-state index contributed by atoms with van der Waals surface area (Å²) < 4.78 is 0. The second kappa shape index (κ2) is 5.98. The first-order valence-corrected chi connectivity index (χ1v) is 7.61. The number of hydrogen-bond donors (Lipinski definition) is 2. The van der Waals surface area contributed by atoms with E-state index in [2.05, 4.69) is 4.98 Å². The van der Waals surface area contributed by atoms with Crippen LogP contribution in [0.5, 0.6) is 5.75 Å². The highest BCUT2D eigenvalue weighted by molar-refractivity contribution is 6.36. The van der Waals surface area contributed by atoms with E-state index in [4.69, 9.17) is 34.8 Å². The molecule has 0 aliphatic carbocycles. The van der Waals surface area contributed by atoms with Crippen LogP contribution in [0.25, 0.3) is 22.0 Å². The monoisotopic (exact) mass is 384 g/mol. The van der Waals surface area contributed by atoms with Crippen molar-refractivity contribution in [1.82, 2.24) is 4.98 Å². The molecule has 0 bridgehead atoms. The molecular weight excluding hydrogens is 379 g/mol. The zero-order chi connectivity index (χ0) is 17.6. The second-order valence-electron chi connectivity index (χ2n) is 4.91. The minimum absolute atomic E-state index is 0.0757. The quantitative estimate of drug-likeness (QED) is 0.490. The highest BCUT2D eigenvalue weighted by Gasteiger charge is 2.21. The molecule has 122 valence electrons. The fourth-order valence-corrected chi connectivity index (χ4v) is 3.11. The smallest absolute Gasteiger partial charge is 0.288 e. The van der Waals surface area contributed by atoms with Crippen molar-refractivity contribution in [3.8, 4) is 16.9 Å². The van der Waals surface area contributed by atoms with Gasteiger partial charge in [0.25, 0.3) is 11.2 Å². The number of pyridine rings is 1. The van der Waals surface area contributed by atoms with Crippen molar-refractivity contribution in [2.75, 3.05) is 0 Å². The molecule has 0 saturated heterocycles. The SMILES string of the molecule is O=c1[nH]c2cc(Cl)c([N+](=O)[O-])cc2c(O)c1-c1ccc(Cl)cc1Cl. The van der Waals surface area contributed by atoms with Gasteiger partial charge in [-0.2, -0.15) is 0 Å². The van der Waals surface area contributed by atoms with Gasteiger partial charge in [-0.25, -0.2) is 0 Å². The molecule has 0 fully saturated rings. The molecule has 0 aliphatic rings. The van der Waals surface area contributed by atoms with Gasteiger partial charge in [-0.05, 0) is 18.2 Å². The number of rotatable bonds is 2. The third-order valence-corrected chi connectivity index (χ3v) is 4.30. The van der Waals surface area contributed by atoms with Crippen LogP contribution in [-0.2, 0) is 0 Å². The number of hydrogen-bond acceptors (Lipinski definition) is 4. The Morgan fingerprint density at radius 3 is 2.42 bits per heavy atom. The van der Waals surface area contributed by atoms with E-state index < -0.39 is 16.2 Å². The lowest BCUT2D eigenvalue weighted by Gasteiger charge is -2.10. The third kappa shape index (κ3) is 2.69. The minimum atomic E-state index is -0.679. The fraction of sp³-hybridized carbons (Fsp3) is 0. The van der Waals surface area contributed by atoms with Gasteiger partial charge in [0.15, 0.2) is 0 Å². The van der Waals surface area contributed by atoms with Crippen LogP contribution in [-0.4, -0.2) is 15.0 Å². The van der Waals surface area contributed by atoms with Gasteiger partial charge in [0.05, 0.1) is 21.0 Å². The number of aromatic hydroxyl groups is 1. The van der Waals surface area contributed by atoms with Gasteiger partial charge in [0, 0.05) is 22.0 Å². The molecular formula is C15H7Cl3N2O4. The number of aromatic nitrogens is 1. The van der Waals surface area contributed by atoms with E-state index in [0.29, 0.717) is 5.02 Å². The largest absolute Gasteiger partial charge is 0.506 e. The number of nitrogens with zero attached hydrogens (tertiary/aromatic N) is 1. The number of H-pyrrole nitrogens is 1. The van der Waals surface area contributed by atoms with Gasteiger partial charge in [-0.3, -0.25) is 14.9 Å². The van der Waals surface area contributed by atoms with Crippen LogP contribution >= 0.6 is 34.8 Å². The summed E-state index contributed by atoms with van der Waals surface area (Å²) in [7, 11) is 0. The van der Waals surface area contributed by atoms with Crippen molar-refractivity contribution < 1.29 is 10.0 Å². The van der Waals surface area contributed by atoms with E-state index in [0.717, 1.165) is 6.07 Å². The van der Waals surface area contributed by atoms with E-state index in [-0.39, 0.29) is 37.8 Å². The van der Waals surface area contributed by atoms with Crippen LogP contribution in [0.15, 0.2) is 35.1 Å². The first-order chi connectivity index (χ1) is 11.3. The van der Waals surface area contributed by atoms with Gasteiger partial charge in [0.1, 0.15) is 10.8 Å². The number of halogens is 3. The standard InChI is InChI=1S/C15H7Cl3N2O4/c16-6-1-2-7(9(17)3-6)13-14(21)8-4-12(20(23)24)10(18)5-11(8)19-15(13)22/h1-5H,(H2,19,21,22). The molecule has 0 radical (unpaired) electrons. The van der Waals surface area contributed by atoms with Gasteiger partial charge in [-0.1, -0.05) is 40.9 Å². The molecule has 0 saturated carbocycles. The van der Waals surface area contributed by atoms with E-state index in [1.165, 1.54) is 24.3 Å². The lowest BCUT2D eigenvalue weighted by Crippen LogP contribution is -2.10. The Hall–Kier alpha value is -2.28. The summed E-state index contributed by atoms with van der Waals surface area (Å²) in [5, 5.41) is 22.0. The topological polar surface area (TPSA) is 96.2 Å². The molecule has 6 nitrogen and oxygen atoms in total. The molecule has 1 aromatic heterocycles. The Balaban J connectivity index is 2.39. The zero-order valence-corrected chi connectivity index (χ0v) is 13.9. The summed E-state index contributed by atoms with van der Waals surface area (Å²) in [6.45, 7) is 0. The van der Waals surface area contributed by atoms with E-state index in [1.807, 2.05) is 0 Å². The molecule has 3 rings (SSSR count). The molecule has 0 atom stereocenters. The van der Waals surface area contributed by atoms with Gasteiger partial charge in [-0.15, -0.1) is 0 Å². The Kier molecular flexibility index (Phi) is 4.13. The summed E-state index contributed by atoms with van der Waals surface area (Å²) in [4.78, 5) is 25.2. The van der Waals surface area contributed by atoms with Crippen molar-refractivity contribution >= 4 is 51.4 Å². The average Bonchev–Trinajstić information content (AvgIpc) is 2.48. The van der Waals surface area contributed by atoms with Crippen molar-refractivity contribution in [1.29, 1.82) is 0 Å².